The molecule has 1 unspecified atom stereocenters. The molecule has 0 aliphatic carbocycles. The number of fused-ring (bicyclic) bond motifs is 1. The highest BCUT2D eigenvalue weighted by Crippen LogP contribution is 2.29. The van der Waals surface area contributed by atoms with Gasteiger partial charge in [-0.15, -0.1) is 0 Å². The minimum atomic E-state index is -0.484. The third kappa shape index (κ3) is 2.54. The van der Waals surface area contributed by atoms with Crippen molar-refractivity contribution in [1.82, 2.24) is 4.57 Å². The Morgan fingerprint density at radius 1 is 1.41 bits per heavy atom. The molecule has 0 bridgehead atoms. The van der Waals surface area contributed by atoms with Crippen LogP contribution in [0.25, 0.3) is 10.9 Å². The molecule has 0 spiro atoms. The van der Waals surface area contributed by atoms with E-state index in [-0.39, 0.29) is 6.61 Å². The lowest BCUT2D eigenvalue weighted by Crippen LogP contribution is -1.98. The highest BCUT2D eigenvalue weighted by atomic mass is 79.9. The second-order valence-electron chi connectivity index (χ2n) is 4.19. The molecule has 0 saturated heterocycles. The van der Waals surface area contributed by atoms with Gasteiger partial charge in [0.25, 0.3) is 0 Å². The minimum Gasteiger partial charge on any atom is -0.396 e. The van der Waals surface area contributed by atoms with E-state index in [1.165, 1.54) is 0 Å². The first-order chi connectivity index (χ1) is 8.13. The smallest absolute Gasteiger partial charge is 0.0782 e. The van der Waals surface area contributed by atoms with Gasteiger partial charge in [-0.05, 0) is 31.5 Å². The molecule has 17 heavy (non-hydrogen) atoms. The summed E-state index contributed by atoms with van der Waals surface area (Å²) in [5, 5.41) is 19.7. The van der Waals surface area contributed by atoms with Crippen LogP contribution >= 0.6 is 15.9 Å². The number of aliphatic hydroxyl groups excluding tert-OH is 2. The molecule has 0 fully saturated rings. The Balaban J connectivity index is 2.54. The maximum absolute atomic E-state index is 9.77. The van der Waals surface area contributed by atoms with Gasteiger partial charge in [0.05, 0.1) is 6.10 Å². The summed E-state index contributed by atoms with van der Waals surface area (Å²) in [5.74, 6) is 0. The van der Waals surface area contributed by atoms with E-state index in [0.29, 0.717) is 0 Å². The summed E-state index contributed by atoms with van der Waals surface area (Å²) in [4.78, 5) is 0. The molecule has 1 aromatic heterocycles. The monoisotopic (exact) mass is 297 g/mol. The molecule has 2 N–H and O–H groups in total. The van der Waals surface area contributed by atoms with Gasteiger partial charge >= 0.3 is 0 Å². The van der Waals surface area contributed by atoms with Crippen molar-refractivity contribution in [3.8, 4) is 0 Å². The van der Waals surface area contributed by atoms with Gasteiger partial charge in [0.2, 0.25) is 0 Å². The lowest BCUT2D eigenvalue weighted by Gasteiger charge is -2.03. The fraction of sp³-hybridized carbons (Fsp3) is 0.385. The zero-order valence-electron chi connectivity index (χ0n) is 9.73. The van der Waals surface area contributed by atoms with Gasteiger partial charge < -0.3 is 14.8 Å². The van der Waals surface area contributed by atoms with Crippen molar-refractivity contribution in [2.45, 2.75) is 26.0 Å². The quantitative estimate of drug-likeness (QED) is 0.911. The molecule has 1 aromatic carbocycles. The van der Waals surface area contributed by atoms with Gasteiger partial charge in [0.1, 0.15) is 0 Å². The summed E-state index contributed by atoms with van der Waals surface area (Å²) >= 11 is 3.45. The van der Waals surface area contributed by atoms with Crippen molar-refractivity contribution < 1.29 is 10.2 Å². The van der Waals surface area contributed by atoms with Crippen molar-refractivity contribution in [2.75, 3.05) is 6.61 Å². The predicted octanol–water partition coefficient (Wildman–Crippen LogP) is 2.84. The van der Waals surface area contributed by atoms with Crippen molar-refractivity contribution >= 4 is 26.8 Å². The number of rotatable bonds is 4. The Hall–Kier alpha value is -0.840. The summed E-state index contributed by atoms with van der Waals surface area (Å²) in [6, 6.07) is 6.04. The molecule has 1 heterocycles. The van der Waals surface area contributed by atoms with Crippen molar-refractivity contribution in [3.63, 3.8) is 0 Å². The molecule has 92 valence electrons. The van der Waals surface area contributed by atoms with E-state index in [4.69, 9.17) is 5.11 Å². The topological polar surface area (TPSA) is 45.4 Å². The summed E-state index contributed by atoms with van der Waals surface area (Å²) in [6.45, 7) is 2.72. The second kappa shape index (κ2) is 5.21. The van der Waals surface area contributed by atoms with E-state index in [0.717, 1.165) is 33.9 Å². The number of aryl methyl sites for hydroxylation is 1. The maximum atomic E-state index is 9.77. The summed E-state index contributed by atoms with van der Waals surface area (Å²) < 4.78 is 3.09. The Morgan fingerprint density at radius 2 is 2.18 bits per heavy atom. The van der Waals surface area contributed by atoms with Crippen LogP contribution in [0.3, 0.4) is 0 Å². The average molecular weight is 298 g/mol. The highest BCUT2D eigenvalue weighted by Gasteiger charge is 2.12. The molecule has 0 amide bonds. The second-order valence-corrected chi connectivity index (χ2v) is 5.11. The minimum absolute atomic E-state index is 0.181. The number of hydrogen-bond acceptors (Lipinski definition) is 2. The molecule has 2 rings (SSSR count). The standard InChI is InChI=1S/C13H16BrNO2/c1-9(17)12-8-15(5-2-6-16)13-4-3-10(14)7-11(12)13/h3-4,7-9,16-17H,2,5-6H2,1H3. The van der Waals surface area contributed by atoms with E-state index < -0.39 is 6.10 Å². The van der Waals surface area contributed by atoms with Gasteiger partial charge in [-0.1, -0.05) is 15.9 Å². The molecule has 1 atom stereocenters. The van der Waals surface area contributed by atoms with Crippen LogP contribution in [-0.4, -0.2) is 21.4 Å². The average Bonchev–Trinajstić information content (AvgIpc) is 2.64. The molecule has 0 radical (unpaired) electrons. The number of hydrogen-bond donors (Lipinski definition) is 2. The van der Waals surface area contributed by atoms with Crippen molar-refractivity contribution in [2.24, 2.45) is 0 Å². The molecular formula is C13H16BrNO2. The van der Waals surface area contributed by atoms with E-state index >= 15 is 0 Å². The van der Waals surface area contributed by atoms with Crippen LogP contribution in [0.1, 0.15) is 25.0 Å². The first-order valence-corrected chi connectivity index (χ1v) is 6.50. The molecular weight excluding hydrogens is 282 g/mol. The van der Waals surface area contributed by atoms with Gasteiger partial charge in [-0.3, -0.25) is 0 Å². The number of benzene rings is 1. The van der Waals surface area contributed by atoms with E-state index in [9.17, 15) is 5.11 Å². The predicted molar refractivity (Wildman–Crippen MR) is 72.0 cm³/mol. The summed E-state index contributed by atoms with van der Waals surface area (Å²) in [7, 11) is 0. The van der Waals surface area contributed by atoms with Crippen LogP contribution < -0.4 is 0 Å². The Morgan fingerprint density at radius 3 is 2.82 bits per heavy atom. The fourth-order valence-electron chi connectivity index (χ4n) is 2.06. The van der Waals surface area contributed by atoms with Gasteiger partial charge in [-0.25, -0.2) is 0 Å². The number of aliphatic hydroxyl groups is 2. The third-order valence-corrected chi connectivity index (χ3v) is 3.37. The number of aromatic nitrogens is 1. The Bertz CT molecular complexity index is 519. The fourth-order valence-corrected chi connectivity index (χ4v) is 2.42. The lowest BCUT2D eigenvalue weighted by molar-refractivity contribution is 0.200. The highest BCUT2D eigenvalue weighted by molar-refractivity contribution is 9.10. The first kappa shape index (κ1) is 12.6. The molecule has 0 aliphatic rings. The van der Waals surface area contributed by atoms with E-state index in [1.54, 1.807) is 6.92 Å². The summed E-state index contributed by atoms with van der Waals surface area (Å²) in [6.07, 6.45) is 2.21. The maximum Gasteiger partial charge on any atom is 0.0782 e. The zero-order valence-corrected chi connectivity index (χ0v) is 11.3. The first-order valence-electron chi connectivity index (χ1n) is 5.70. The normalized spacial score (nSPS) is 13.2. The molecule has 3 nitrogen and oxygen atoms in total. The summed E-state index contributed by atoms with van der Waals surface area (Å²) in [5.41, 5.74) is 2.02. The van der Waals surface area contributed by atoms with Crippen LogP contribution in [-0.2, 0) is 6.54 Å². The SMILES string of the molecule is CC(O)c1cn(CCCO)c2ccc(Br)cc12. The van der Waals surface area contributed by atoms with E-state index in [2.05, 4.69) is 20.5 Å². The van der Waals surface area contributed by atoms with Crippen LogP contribution in [0.15, 0.2) is 28.9 Å². The van der Waals surface area contributed by atoms with Crippen LogP contribution in [0.5, 0.6) is 0 Å². The van der Waals surface area contributed by atoms with Crippen molar-refractivity contribution in [1.29, 1.82) is 0 Å². The third-order valence-electron chi connectivity index (χ3n) is 2.88. The van der Waals surface area contributed by atoms with Gasteiger partial charge in [0, 0.05) is 40.3 Å². The van der Waals surface area contributed by atoms with E-state index in [1.807, 2.05) is 24.4 Å². The number of nitrogens with zero attached hydrogens (tertiary/aromatic N) is 1. The lowest BCUT2D eigenvalue weighted by atomic mass is 10.1. The van der Waals surface area contributed by atoms with Gasteiger partial charge in [0.15, 0.2) is 0 Å². The van der Waals surface area contributed by atoms with Crippen molar-refractivity contribution in [3.05, 3.63) is 34.4 Å². The largest absolute Gasteiger partial charge is 0.396 e. The zero-order chi connectivity index (χ0) is 12.4. The molecule has 0 aliphatic heterocycles. The van der Waals surface area contributed by atoms with Gasteiger partial charge in [-0.2, -0.15) is 0 Å². The molecule has 4 heteroatoms. The molecule has 0 saturated carbocycles. The van der Waals surface area contributed by atoms with Crippen LogP contribution in [0.4, 0.5) is 0 Å². The van der Waals surface area contributed by atoms with Crippen LogP contribution in [0, 0.1) is 0 Å². The molecule has 2 aromatic rings. The Kier molecular flexibility index (Phi) is 3.86. The van der Waals surface area contributed by atoms with Crippen LogP contribution in [0.2, 0.25) is 0 Å². The number of halogens is 1. The Labute approximate surface area is 109 Å².